The Morgan fingerprint density at radius 3 is 1.55 bits per heavy atom. The van der Waals surface area contributed by atoms with Crippen molar-refractivity contribution < 1.29 is 76.6 Å². The van der Waals surface area contributed by atoms with Crippen molar-refractivity contribution in [1.29, 1.82) is 0 Å². The number of rotatable bonds is 23. The predicted octanol–water partition coefficient (Wildman–Crippen LogP) is 4.83. The van der Waals surface area contributed by atoms with Crippen molar-refractivity contribution >= 4 is 63.3 Å². The highest BCUT2D eigenvalue weighted by molar-refractivity contribution is 5.89. The smallest absolute Gasteiger partial charge is 0.344 e. The second-order valence-electron chi connectivity index (χ2n) is 13.1. The fraction of sp³-hybridized carbons (Fsp3) is 0.357. The van der Waals surface area contributed by atoms with Crippen LogP contribution in [0.5, 0.6) is 5.75 Å². The van der Waals surface area contributed by atoms with Crippen LogP contribution < -0.4 is 4.74 Å². The molecule has 318 valence electrons. The summed E-state index contributed by atoms with van der Waals surface area (Å²) in [5.41, 5.74) is 1.29. The van der Waals surface area contributed by atoms with Crippen molar-refractivity contribution in [2.45, 2.75) is 51.4 Å². The minimum atomic E-state index is -1.01. The fourth-order valence-electron chi connectivity index (χ4n) is 5.46. The third kappa shape index (κ3) is 15.3. The highest BCUT2D eigenvalue weighted by atomic mass is 16.9. The zero-order valence-corrected chi connectivity index (χ0v) is 32.8. The SMILES string of the molecule is CC(C(=O)OCC(=O)OCC(=O)OCCOC(=O)COC(=O)COC(=O)C(C)c1ccc2cc(OC(=O)CCCCCO[N+](=O)[O-])ccc2c1)c1ccc2ccccc2c1. The van der Waals surface area contributed by atoms with E-state index in [1.165, 1.54) is 0 Å². The van der Waals surface area contributed by atoms with E-state index < -0.39 is 98.3 Å². The second kappa shape index (κ2) is 23.3. The average Bonchev–Trinajstić information content (AvgIpc) is 3.24. The van der Waals surface area contributed by atoms with Gasteiger partial charge in [0.2, 0.25) is 0 Å². The molecule has 0 amide bonds. The Kier molecular flexibility index (Phi) is 17.7. The number of hydrogen-bond donors (Lipinski definition) is 0. The predicted molar refractivity (Wildman–Crippen MR) is 208 cm³/mol. The lowest BCUT2D eigenvalue weighted by molar-refractivity contribution is -0.757. The van der Waals surface area contributed by atoms with Gasteiger partial charge in [-0.05, 0) is 71.5 Å². The van der Waals surface area contributed by atoms with Gasteiger partial charge in [-0.15, -0.1) is 10.1 Å². The van der Waals surface area contributed by atoms with Gasteiger partial charge in [0.25, 0.3) is 5.09 Å². The van der Waals surface area contributed by atoms with Crippen LogP contribution in [0.25, 0.3) is 21.5 Å². The molecule has 0 bridgehead atoms. The van der Waals surface area contributed by atoms with Gasteiger partial charge in [0.15, 0.2) is 26.4 Å². The van der Waals surface area contributed by atoms with E-state index >= 15 is 0 Å². The Morgan fingerprint density at radius 2 is 0.983 bits per heavy atom. The van der Waals surface area contributed by atoms with Crippen LogP contribution in [-0.4, -0.2) is 93.1 Å². The summed E-state index contributed by atoms with van der Waals surface area (Å²) in [6.07, 6.45) is 1.62. The molecule has 4 aromatic carbocycles. The Morgan fingerprint density at radius 1 is 0.517 bits per heavy atom. The van der Waals surface area contributed by atoms with Crippen LogP contribution in [0.15, 0.2) is 78.9 Å². The minimum Gasteiger partial charge on any atom is -0.460 e. The summed E-state index contributed by atoms with van der Waals surface area (Å²) in [5, 5.41) is 12.7. The van der Waals surface area contributed by atoms with Crippen LogP contribution in [0.4, 0.5) is 0 Å². The zero-order valence-electron chi connectivity index (χ0n) is 32.8. The summed E-state index contributed by atoms with van der Waals surface area (Å²) in [5.74, 6) is -6.86. The van der Waals surface area contributed by atoms with Gasteiger partial charge in [-0.25, -0.2) is 19.2 Å². The molecular weight excluding hydrogens is 790 g/mol. The van der Waals surface area contributed by atoms with Crippen LogP contribution in [0.3, 0.4) is 0 Å². The average molecular weight is 834 g/mol. The zero-order chi connectivity index (χ0) is 43.4. The van der Waals surface area contributed by atoms with E-state index in [1.807, 2.05) is 36.4 Å². The first-order valence-corrected chi connectivity index (χ1v) is 18.7. The largest absolute Gasteiger partial charge is 0.460 e. The molecule has 0 N–H and O–H groups in total. The first-order valence-electron chi connectivity index (χ1n) is 18.7. The van der Waals surface area contributed by atoms with E-state index in [1.54, 1.807) is 56.3 Å². The van der Waals surface area contributed by atoms with Crippen LogP contribution >= 0.6 is 0 Å². The molecule has 0 aliphatic rings. The van der Waals surface area contributed by atoms with Crippen molar-refractivity contribution in [3.05, 3.63) is 100 Å². The summed E-state index contributed by atoms with van der Waals surface area (Å²) < 4.78 is 34.6. The van der Waals surface area contributed by atoms with Crippen molar-refractivity contribution in [1.82, 2.24) is 0 Å². The molecule has 0 fully saturated rings. The van der Waals surface area contributed by atoms with Crippen molar-refractivity contribution in [2.75, 3.05) is 46.2 Å². The van der Waals surface area contributed by atoms with Gasteiger partial charge < -0.3 is 38.0 Å². The van der Waals surface area contributed by atoms with E-state index in [0.717, 1.165) is 21.5 Å². The highest BCUT2D eigenvalue weighted by Gasteiger charge is 2.21. The lowest BCUT2D eigenvalue weighted by atomic mass is 9.98. The molecule has 0 spiro atoms. The lowest BCUT2D eigenvalue weighted by Gasteiger charge is -2.13. The van der Waals surface area contributed by atoms with Crippen molar-refractivity contribution in [3.63, 3.8) is 0 Å². The molecule has 0 radical (unpaired) electrons. The molecule has 18 heteroatoms. The number of hydrogen-bond acceptors (Lipinski definition) is 17. The van der Waals surface area contributed by atoms with Gasteiger partial charge in [0.05, 0.1) is 18.4 Å². The van der Waals surface area contributed by atoms with Crippen molar-refractivity contribution in [2.24, 2.45) is 0 Å². The molecule has 0 aliphatic heterocycles. The number of carbonyl (C=O) groups excluding carboxylic acids is 7. The Balaban J connectivity index is 1.04. The highest BCUT2D eigenvalue weighted by Crippen LogP contribution is 2.27. The second-order valence-corrected chi connectivity index (χ2v) is 13.1. The maximum absolute atomic E-state index is 12.6. The van der Waals surface area contributed by atoms with Gasteiger partial charge in [-0.3, -0.25) is 14.4 Å². The summed E-state index contributed by atoms with van der Waals surface area (Å²) in [4.78, 5) is 99.5. The number of nitrogens with zero attached hydrogens (tertiary/aromatic N) is 1. The maximum atomic E-state index is 12.6. The molecule has 18 nitrogen and oxygen atoms in total. The quantitative estimate of drug-likeness (QED) is 0.0243. The minimum absolute atomic E-state index is 0.0348. The molecule has 0 heterocycles. The molecule has 0 aliphatic carbocycles. The van der Waals surface area contributed by atoms with E-state index in [4.69, 9.17) is 33.2 Å². The van der Waals surface area contributed by atoms with E-state index in [9.17, 15) is 43.7 Å². The molecule has 2 atom stereocenters. The summed E-state index contributed by atoms with van der Waals surface area (Å²) >= 11 is 0. The number of carbonyl (C=O) groups is 7. The van der Waals surface area contributed by atoms with E-state index in [2.05, 4.69) is 4.84 Å². The van der Waals surface area contributed by atoms with Gasteiger partial charge in [-0.1, -0.05) is 73.2 Å². The normalized spacial score (nSPS) is 11.7. The number of benzene rings is 4. The van der Waals surface area contributed by atoms with Gasteiger partial charge in [-0.2, -0.15) is 0 Å². The Bertz CT molecular complexity index is 2180. The molecular formula is C42H43NO17. The van der Waals surface area contributed by atoms with E-state index in [-0.39, 0.29) is 13.0 Å². The van der Waals surface area contributed by atoms with Gasteiger partial charge in [0.1, 0.15) is 19.0 Å². The summed E-state index contributed by atoms with van der Waals surface area (Å²) in [7, 11) is 0. The van der Waals surface area contributed by atoms with Crippen LogP contribution in [0, 0.1) is 10.1 Å². The Hall–Kier alpha value is -7.11. The molecule has 0 saturated carbocycles. The van der Waals surface area contributed by atoms with Gasteiger partial charge in [0, 0.05) is 6.42 Å². The molecule has 4 aromatic rings. The molecule has 0 aromatic heterocycles. The van der Waals surface area contributed by atoms with Crippen LogP contribution in [-0.2, 0) is 66.8 Å². The number of ether oxygens (including phenoxy) is 7. The van der Waals surface area contributed by atoms with Gasteiger partial charge >= 0.3 is 41.8 Å². The van der Waals surface area contributed by atoms with Crippen LogP contribution in [0.1, 0.15) is 62.5 Å². The first kappa shape index (κ1) is 45.6. The number of esters is 7. The van der Waals surface area contributed by atoms with Crippen molar-refractivity contribution in [3.8, 4) is 5.75 Å². The lowest BCUT2D eigenvalue weighted by Crippen LogP contribution is -2.25. The third-order valence-electron chi connectivity index (χ3n) is 8.75. The molecule has 60 heavy (non-hydrogen) atoms. The molecule has 0 saturated heterocycles. The molecule has 2 unspecified atom stereocenters. The topological polar surface area (TPSA) is 236 Å². The molecule has 4 rings (SSSR count). The fourth-order valence-corrected chi connectivity index (χ4v) is 5.46. The van der Waals surface area contributed by atoms with Crippen LogP contribution in [0.2, 0.25) is 0 Å². The van der Waals surface area contributed by atoms with E-state index in [0.29, 0.717) is 36.1 Å². The monoisotopic (exact) mass is 833 g/mol. The number of unbranched alkanes of at least 4 members (excludes halogenated alkanes) is 2. The maximum Gasteiger partial charge on any atom is 0.344 e. The standard InChI is InChI=1S/C42H43NO17/c1-27(30-12-11-29-8-5-6-9-32(29)20-30)41(49)57-25-39(47)55-23-37(45)53-18-19-54-38(46)24-56-40(48)26-58-42(50)28(2)31-13-14-34-22-35(16-15-33(34)21-31)60-36(44)10-4-3-7-17-59-43(51)52/h5-6,8-9,11-16,20-22,27-28H,3-4,7,10,17-19,23-26H2,1-2H3. The summed E-state index contributed by atoms with van der Waals surface area (Å²) in [6.45, 7) is -0.698. The Labute approximate surface area is 343 Å². The third-order valence-corrected chi connectivity index (χ3v) is 8.75. The summed E-state index contributed by atoms with van der Waals surface area (Å²) in [6, 6.07) is 23.3. The first-order chi connectivity index (χ1) is 28.8. The number of fused-ring (bicyclic) bond motifs is 2.